The summed E-state index contributed by atoms with van der Waals surface area (Å²) in [6.07, 6.45) is 7.99. The highest BCUT2D eigenvalue weighted by atomic mass is 15.1. The Bertz CT molecular complexity index is 414. The van der Waals surface area contributed by atoms with Gasteiger partial charge in [-0.05, 0) is 44.7 Å². The molecule has 0 amide bonds. The first-order valence-corrected chi connectivity index (χ1v) is 7.60. The van der Waals surface area contributed by atoms with Gasteiger partial charge in [-0.15, -0.1) is 0 Å². The molecule has 0 radical (unpaired) electrons. The SMILES string of the molecule is CC1CCC(c2cc(NC3CCNCC3)ncn2)C1. The van der Waals surface area contributed by atoms with Crippen LogP contribution in [0.1, 0.15) is 50.6 Å². The molecule has 2 N–H and O–H groups in total. The van der Waals surface area contributed by atoms with Crippen molar-refractivity contribution in [2.45, 2.75) is 51.0 Å². The number of rotatable bonds is 3. The summed E-state index contributed by atoms with van der Waals surface area (Å²) in [6.45, 7) is 4.56. The number of piperidine rings is 1. The van der Waals surface area contributed by atoms with Crippen molar-refractivity contribution in [3.8, 4) is 0 Å². The molecule has 1 saturated carbocycles. The summed E-state index contributed by atoms with van der Waals surface area (Å²) in [4.78, 5) is 8.87. The molecule has 1 aromatic heterocycles. The van der Waals surface area contributed by atoms with E-state index in [9.17, 15) is 0 Å². The Labute approximate surface area is 115 Å². The number of anilines is 1. The third-order valence-corrected chi connectivity index (χ3v) is 4.49. The zero-order valence-electron chi connectivity index (χ0n) is 11.7. The van der Waals surface area contributed by atoms with Crippen molar-refractivity contribution in [2.24, 2.45) is 5.92 Å². The largest absolute Gasteiger partial charge is 0.367 e. The zero-order valence-corrected chi connectivity index (χ0v) is 11.7. The second-order valence-electron chi connectivity index (χ2n) is 6.11. The van der Waals surface area contributed by atoms with Gasteiger partial charge in [0.05, 0.1) is 0 Å². The highest BCUT2D eigenvalue weighted by Gasteiger charge is 2.24. The lowest BCUT2D eigenvalue weighted by molar-refractivity contribution is 0.478. The van der Waals surface area contributed by atoms with Gasteiger partial charge in [-0.2, -0.15) is 0 Å². The number of hydrogen-bond donors (Lipinski definition) is 2. The lowest BCUT2D eigenvalue weighted by Crippen LogP contribution is -2.35. The van der Waals surface area contributed by atoms with Gasteiger partial charge in [0.25, 0.3) is 0 Å². The summed E-state index contributed by atoms with van der Waals surface area (Å²) in [7, 11) is 0. The maximum absolute atomic E-state index is 4.49. The van der Waals surface area contributed by atoms with Gasteiger partial charge in [0, 0.05) is 23.7 Å². The lowest BCUT2D eigenvalue weighted by atomic mass is 10.0. The van der Waals surface area contributed by atoms with E-state index in [1.165, 1.54) is 37.8 Å². The predicted octanol–water partition coefficient (Wildman–Crippen LogP) is 2.54. The van der Waals surface area contributed by atoms with Crippen LogP contribution in [0.15, 0.2) is 12.4 Å². The minimum absolute atomic E-state index is 0.562. The molecular weight excluding hydrogens is 236 g/mol. The molecule has 1 aliphatic heterocycles. The third-order valence-electron chi connectivity index (χ3n) is 4.49. The summed E-state index contributed by atoms with van der Waals surface area (Å²) >= 11 is 0. The van der Waals surface area contributed by atoms with E-state index < -0.39 is 0 Å². The smallest absolute Gasteiger partial charge is 0.129 e. The van der Waals surface area contributed by atoms with Crippen molar-refractivity contribution in [1.82, 2.24) is 15.3 Å². The van der Waals surface area contributed by atoms with Crippen molar-refractivity contribution in [2.75, 3.05) is 18.4 Å². The van der Waals surface area contributed by atoms with Gasteiger partial charge < -0.3 is 10.6 Å². The van der Waals surface area contributed by atoms with Crippen molar-refractivity contribution in [1.29, 1.82) is 0 Å². The average Bonchev–Trinajstić information content (AvgIpc) is 2.87. The van der Waals surface area contributed by atoms with E-state index in [-0.39, 0.29) is 0 Å². The Morgan fingerprint density at radius 3 is 2.74 bits per heavy atom. The van der Waals surface area contributed by atoms with Crippen LogP contribution < -0.4 is 10.6 Å². The highest BCUT2D eigenvalue weighted by molar-refractivity contribution is 5.37. The molecule has 2 atom stereocenters. The molecule has 1 aromatic rings. The van der Waals surface area contributed by atoms with Crippen molar-refractivity contribution in [3.05, 3.63) is 18.1 Å². The van der Waals surface area contributed by atoms with Gasteiger partial charge in [-0.3, -0.25) is 0 Å². The van der Waals surface area contributed by atoms with E-state index in [2.05, 4.69) is 33.6 Å². The summed E-state index contributed by atoms with van der Waals surface area (Å²) in [5.41, 5.74) is 1.23. The van der Waals surface area contributed by atoms with Gasteiger partial charge in [0.2, 0.25) is 0 Å². The van der Waals surface area contributed by atoms with Crippen LogP contribution in [0.25, 0.3) is 0 Å². The molecule has 104 valence electrons. The fraction of sp³-hybridized carbons (Fsp3) is 0.733. The third kappa shape index (κ3) is 3.24. The van der Waals surface area contributed by atoms with E-state index in [0.717, 1.165) is 24.8 Å². The number of nitrogens with one attached hydrogen (secondary N) is 2. The van der Waals surface area contributed by atoms with Gasteiger partial charge >= 0.3 is 0 Å². The molecule has 0 bridgehead atoms. The Hall–Kier alpha value is -1.16. The molecule has 2 heterocycles. The predicted molar refractivity (Wildman–Crippen MR) is 77.3 cm³/mol. The van der Waals surface area contributed by atoms with Crippen molar-refractivity contribution >= 4 is 5.82 Å². The maximum atomic E-state index is 4.49. The Balaban J connectivity index is 1.65. The molecule has 2 fully saturated rings. The molecule has 2 aliphatic rings. The van der Waals surface area contributed by atoms with Gasteiger partial charge in [-0.25, -0.2) is 9.97 Å². The second kappa shape index (κ2) is 5.87. The van der Waals surface area contributed by atoms with Crippen molar-refractivity contribution < 1.29 is 0 Å². The van der Waals surface area contributed by atoms with E-state index in [1.807, 2.05) is 0 Å². The highest BCUT2D eigenvalue weighted by Crippen LogP contribution is 2.37. The van der Waals surface area contributed by atoms with E-state index in [0.29, 0.717) is 12.0 Å². The van der Waals surface area contributed by atoms with Crippen LogP contribution in [0.2, 0.25) is 0 Å². The first kappa shape index (κ1) is 12.9. The van der Waals surface area contributed by atoms with Crippen LogP contribution in [-0.2, 0) is 0 Å². The van der Waals surface area contributed by atoms with Crippen LogP contribution in [-0.4, -0.2) is 29.1 Å². The molecule has 19 heavy (non-hydrogen) atoms. The second-order valence-corrected chi connectivity index (χ2v) is 6.11. The molecule has 0 aromatic carbocycles. The molecule has 4 heteroatoms. The molecule has 0 spiro atoms. The maximum Gasteiger partial charge on any atom is 0.129 e. The average molecular weight is 260 g/mol. The van der Waals surface area contributed by atoms with E-state index in [1.54, 1.807) is 6.33 Å². The zero-order chi connectivity index (χ0) is 13.1. The summed E-state index contributed by atoms with van der Waals surface area (Å²) in [5.74, 6) is 2.50. The van der Waals surface area contributed by atoms with Crippen LogP contribution in [0, 0.1) is 5.92 Å². The van der Waals surface area contributed by atoms with Crippen LogP contribution in [0.4, 0.5) is 5.82 Å². The van der Waals surface area contributed by atoms with Crippen molar-refractivity contribution in [3.63, 3.8) is 0 Å². The molecule has 1 aliphatic carbocycles. The number of hydrogen-bond acceptors (Lipinski definition) is 4. The quantitative estimate of drug-likeness (QED) is 0.877. The van der Waals surface area contributed by atoms with E-state index >= 15 is 0 Å². The van der Waals surface area contributed by atoms with Crippen LogP contribution >= 0.6 is 0 Å². The lowest BCUT2D eigenvalue weighted by Gasteiger charge is -2.24. The minimum Gasteiger partial charge on any atom is -0.367 e. The van der Waals surface area contributed by atoms with Crippen LogP contribution in [0.3, 0.4) is 0 Å². The first-order valence-electron chi connectivity index (χ1n) is 7.60. The first-order chi connectivity index (χ1) is 9.31. The summed E-state index contributed by atoms with van der Waals surface area (Å²) < 4.78 is 0. The molecular formula is C15H24N4. The topological polar surface area (TPSA) is 49.8 Å². The van der Waals surface area contributed by atoms with Gasteiger partial charge in [0.15, 0.2) is 0 Å². The Kier molecular flexibility index (Phi) is 3.97. The van der Waals surface area contributed by atoms with Gasteiger partial charge in [-0.1, -0.05) is 13.3 Å². The minimum atomic E-state index is 0.562. The number of aromatic nitrogens is 2. The monoisotopic (exact) mass is 260 g/mol. The Morgan fingerprint density at radius 2 is 2.00 bits per heavy atom. The van der Waals surface area contributed by atoms with E-state index in [4.69, 9.17) is 0 Å². The number of nitrogens with zero attached hydrogens (tertiary/aromatic N) is 2. The van der Waals surface area contributed by atoms with Crippen LogP contribution in [0.5, 0.6) is 0 Å². The fourth-order valence-electron chi connectivity index (χ4n) is 3.33. The summed E-state index contributed by atoms with van der Waals surface area (Å²) in [5, 5.41) is 6.95. The molecule has 4 nitrogen and oxygen atoms in total. The normalized spacial score (nSPS) is 28.5. The molecule has 3 rings (SSSR count). The summed E-state index contributed by atoms with van der Waals surface area (Å²) in [6, 6.07) is 2.73. The fourth-order valence-corrected chi connectivity index (χ4v) is 3.33. The molecule has 1 saturated heterocycles. The van der Waals surface area contributed by atoms with Gasteiger partial charge in [0.1, 0.15) is 12.1 Å². The molecule has 2 unspecified atom stereocenters. The Morgan fingerprint density at radius 1 is 1.16 bits per heavy atom. The standard InChI is InChI=1S/C15H24N4/c1-11-2-3-12(8-11)14-9-15(18-10-17-14)19-13-4-6-16-7-5-13/h9-13,16H,2-8H2,1H3,(H,17,18,19).